The lowest BCUT2D eigenvalue weighted by atomic mass is 10.0. The van der Waals surface area contributed by atoms with Crippen molar-refractivity contribution in [3.63, 3.8) is 0 Å². The van der Waals surface area contributed by atoms with Gasteiger partial charge >= 0.3 is 0 Å². The van der Waals surface area contributed by atoms with Crippen molar-refractivity contribution >= 4 is 11.6 Å². The van der Waals surface area contributed by atoms with E-state index in [4.69, 9.17) is 0 Å². The number of hydrogen-bond donors (Lipinski definition) is 0. The fourth-order valence-corrected chi connectivity index (χ4v) is 2.71. The van der Waals surface area contributed by atoms with Crippen LogP contribution in [0.3, 0.4) is 0 Å². The van der Waals surface area contributed by atoms with Crippen LogP contribution in [0, 0.1) is 5.82 Å². The molecule has 0 aliphatic carbocycles. The zero-order valence-corrected chi connectivity index (χ0v) is 11.2. The van der Waals surface area contributed by atoms with Crippen LogP contribution in [0.2, 0.25) is 0 Å². The van der Waals surface area contributed by atoms with Gasteiger partial charge in [0, 0.05) is 12.2 Å². The third-order valence-electron chi connectivity index (χ3n) is 3.66. The van der Waals surface area contributed by atoms with Crippen LogP contribution in [0.1, 0.15) is 17.5 Å². The second-order valence-electron chi connectivity index (χ2n) is 5.08. The van der Waals surface area contributed by atoms with Crippen molar-refractivity contribution in [2.45, 2.75) is 19.3 Å². The number of aryl methyl sites for hydroxylation is 1. The first-order chi connectivity index (χ1) is 9.74. The van der Waals surface area contributed by atoms with E-state index in [9.17, 15) is 9.18 Å². The minimum atomic E-state index is -0.297. The van der Waals surface area contributed by atoms with Crippen molar-refractivity contribution in [3.8, 4) is 0 Å². The predicted molar refractivity (Wildman–Crippen MR) is 77.2 cm³/mol. The number of halogens is 1. The molecule has 3 heteroatoms. The molecule has 0 saturated carbocycles. The summed E-state index contributed by atoms with van der Waals surface area (Å²) in [5.41, 5.74) is 2.93. The Morgan fingerprint density at radius 2 is 2.00 bits per heavy atom. The second-order valence-corrected chi connectivity index (χ2v) is 5.08. The van der Waals surface area contributed by atoms with Gasteiger partial charge in [-0.15, -0.1) is 0 Å². The monoisotopic (exact) mass is 269 g/mol. The molecule has 0 saturated heterocycles. The summed E-state index contributed by atoms with van der Waals surface area (Å²) in [7, 11) is 0. The summed E-state index contributed by atoms with van der Waals surface area (Å²) in [6, 6.07) is 14.2. The van der Waals surface area contributed by atoms with Gasteiger partial charge in [0.05, 0.1) is 6.42 Å². The Morgan fingerprint density at radius 1 is 1.15 bits per heavy atom. The highest BCUT2D eigenvalue weighted by Crippen LogP contribution is 2.27. The Hall–Kier alpha value is -2.16. The fraction of sp³-hybridized carbons (Fsp3) is 0.235. The molecule has 0 atom stereocenters. The minimum Gasteiger partial charge on any atom is -0.312 e. The number of carbonyl (C=O) groups excluding carboxylic acids is 1. The molecular formula is C17H16FNO. The van der Waals surface area contributed by atoms with E-state index in [-0.39, 0.29) is 18.1 Å². The molecule has 2 aromatic rings. The molecule has 0 spiro atoms. The van der Waals surface area contributed by atoms with Gasteiger partial charge in [0.15, 0.2) is 0 Å². The van der Waals surface area contributed by atoms with Gasteiger partial charge in [0.25, 0.3) is 0 Å². The number of nitrogens with zero attached hydrogens (tertiary/aromatic N) is 1. The number of hydrogen-bond acceptors (Lipinski definition) is 1. The van der Waals surface area contributed by atoms with E-state index < -0.39 is 0 Å². The van der Waals surface area contributed by atoms with E-state index >= 15 is 0 Å². The van der Waals surface area contributed by atoms with Gasteiger partial charge in [-0.2, -0.15) is 0 Å². The Balaban J connectivity index is 1.82. The molecular weight excluding hydrogens is 253 g/mol. The average molecular weight is 269 g/mol. The lowest BCUT2D eigenvalue weighted by Crippen LogP contribution is -2.36. The highest BCUT2D eigenvalue weighted by molar-refractivity contribution is 5.95. The maximum Gasteiger partial charge on any atom is 0.231 e. The number of fused-ring (bicyclic) bond motifs is 1. The predicted octanol–water partition coefficient (Wildman–Crippen LogP) is 3.35. The molecule has 0 N–H and O–H groups in total. The van der Waals surface area contributed by atoms with Crippen molar-refractivity contribution in [2.75, 3.05) is 11.4 Å². The molecule has 0 radical (unpaired) electrons. The lowest BCUT2D eigenvalue weighted by molar-refractivity contribution is -0.118. The Labute approximate surface area is 117 Å². The van der Waals surface area contributed by atoms with E-state index in [0.717, 1.165) is 30.6 Å². The number of rotatable bonds is 2. The molecule has 1 amide bonds. The maximum absolute atomic E-state index is 13.2. The van der Waals surface area contributed by atoms with Crippen LogP contribution < -0.4 is 4.90 Å². The molecule has 20 heavy (non-hydrogen) atoms. The van der Waals surface area contributed by atoms with Crippen LogP contribution in [0.25, 0.3) is 0 Å². The summed E-state index contributed by atoms with van der Waals surface area (Å²) in [4.78, 5) is 14.3. The average Bonchev–Trinajstić information content (AvgIpc) is 2.46. The smallest absolute Gasteiger partial charge is 0.231 e. The third kappa shape index (κ3) is 2.57. The molecule has 1 heterocycles. The molecule has 102 valence electrons. The van der Waals surface area contributed by atoms with E-state index in [2.05, 4.69) is 6.07 Å². The fourth-order valence-electron chi connectivity index (χ4n) is 2.71. The van der Waals surface area contributed by atoms with Crippen LogP contribution in [0.15, 0.2) is 48.5 Å². The van der Waals surface area contributed by atoms with E-state index in [0.29, 0.717) is 0 Å². The van der Waals surface area contributed by atoms with Gasteiger partial charge in [-0.05, 0) is 42.2 Å². The number of benzene rings is 2. The van der Waals surface area contributed by atoms with Gasteiger partial charge in [-0.25, -0.2) is 4.39 Å². The molecule has 0 unspecified atom stereocenters. The molecule has 0 bridgehead atoms. The molecule has 0 fully saturated rings. The van der Waals surface area contributed by atoms with Crippen LogP contribution in [-0.4, -0.2) is 12.5 Å². The summed E-state index contributed by atoms with van der Waals surface area (Å²) in [5, 5.41) is 0. The van der Waals surface area contributed by atoms with Crippen LogP contribution in [0.4, 0.5) is 10.1 Å². The normalized spacial score (nSPS) is 13.9. The van der Waals surface area contributed by atoms with Gasteiger partial charge < -0.3 is 4.90 Å². The summed E-state index contributed by atoms with van der Waals surface area (Å²) in [5.74, 6) is -0.267. The first-order valence-corrected chi connectivity index (χ1v) is 6.87. The van der Waals surface area contributed by atoms with E-state index in [1.54, 1.807) is 12.1 Å². The molecule has 2 aromatic carbocycles. The summed E-state index contributed by atoms with van der Waals surface area (Å²) < 4.78 is 13.2. The highest BCUT2D eigenvalue weighted by atomic mass is 19.1. The van der Waals surface area contributed by atoms with Crippen LogP contribution in [-0.2, 0) is 17.6 Å². The molecule has 1 aliphatic heterocycles. The molecule has 0 aromatic heterocycles. The summed E-state index contributed by atoms with van der Waals surface area (Å²) in [6.07, 6.45) is 2.23. The standard InChI is InChI=1S/C17H16FNO/c18-15-8-3-5-13(11-15)12-17(20)19-10-4-7-14-6-1-2-9-16(14)19/h1-3,5-6,8-9,11H,4,7,10,12H2. The number of carbonyl (C=O) groups is 1. The van der Waals surface area contributed by atoms with Crippen molar-refractivity contribution < 1.29 is 9.18 Å². The number of para-hydroxylation sites is 1. The van der Waals surface area contributed by atoms with Gasteiger partial charge in [-0.1, -0.05) is 30.3 Å². The van der Waals surface area contributed by atoms with Crippen molar-refractivity contribution in [3.05, 3.63) is 65.5 Å². The first kappa shape index (κ1) is 12.9. The summed E-state index contributed by atoms with van der Waals surface area (Å²) >= 11 is 0. The third-order valence-corrected chi connectivity index (χ3v) is 3.66. The Bertz CT molecular complexity index is 638. The maximum atomic E-state index is 13.2. The van der Waals surface area contributed by atoms with E-state index in [1.165, 1.54) is 17.7 Å². The van der Waals surface area contributed by atoms with Crippen molar-refractivity contribution in [1.82, 2.24) is 0 Å². The van der Waals surface area contributed by atoms with Crippen LogP contribution in [0.5, 0.6) is 0 Å². The molecule has 3 rings (SSSR count). The van der Waals surface area contributed by atoms with Crippen molar-refractivity contribution in [2.24, 2.45) is 0 Å². The highest BCUT2D eigenvalue weighted by Gasteiger charge is 2.22. The Kier molecular flexibility index (Phi) is 3.50. The zero-order valence-electron chi connectivity index (χ0n) is 11.2. The molecule has 2 nitrogen and oxygen atoms in total. The summed E-state index contributed by atoms with van der Waals surface area (Å²) in [6.45, 7) is 0.741. The van der Waals surface area contributed by atoms with Gasteiger partial charge in [-0.3, -0.25) is 4.79 Å². The SMILES string of the molecule is O=C(Cc1cccc(F)c1)N1CCCc2ccccc21. The van der Waals surface area contributed by atoms with Crippen LogP contribution >= 0.6 is 0 Å². The van der Waals surface area contributed by atoms with Crippen molar-refractivity contribution in [1.29, 1.82) is 0 Å². The van der Waals surface area contributed by atoms with Gasteiger partial charge in [0.1, 0.15) is 5.82 Å². The Morgan fingerprint density at radius 3 is 2.85 bits per heavy atom. The molecule has 1 aliphatic rings. The van der Waals surface area contributed by atoms with Gasteiger partial charge in [0.2, 0.25) is 5.91 Å². The first-order valence-electron chi connectivity index (χ1n) is 6.87. The zero-order chi connectivity index (χ0) is 13.9. The number of amides is 1. The topological polar surface area (TPSA) is 20.3 Å². The second kappa shape index (κ2) is 5.45. The van der Waals surface area contributed by atoms with E-state index in [1.807, 2.05) is 23.1 Å². The quantitative estimate of drug-likeness (QED) is 0.818. The lowest BCUT2D eigenvalue weighted by Gasteiger charge is -2.29. The number of anilines is 1. The largest absolute Gasteiger partial charge is 0.312 e. The minimum absolute atomic E-state index is 0.0303.